The topological polar surface area (TPSA) is 96.7 Å². The zero-order valence-corrected chi connectivity index (χ0v) is 21.4. The molecule has 0 spiro atoms. The zero-order valence-electron chi connectivity index (χ0n) is 19.7. The number of Topliss-reactive ketones (excluding diaryl/α,β-unsaturated/α-hetero) is 1. The Kier molecular flexibility index (Phi) is 6.73. The molecule has 0 unspecified atom stereocenters. The van der Waals surface area contributed by atoms with E-state index >= 15 is 0 Å². The van der Waals surface area contributed by atoms with E-state index in [9.17, 15) is 14.4 Å². The summed E-state index contributed by atoms with van der Waals surface area (Å²) in [4.78, 5) is 44.2. The first kappa shape index (κ1) is 24.3. The molecule has 0 fully saturated rings. The number of carbonyl (C=O) groups is 2. The van der Waals surface area contributed by atoms with Crippen molar-refractivity contribution < 1.29 is 23.8 Å². The van der Waals surface area contributed by atoms with Crippen molar-refractivity contribution in [2.75, 3.05) is 19.2 Å². The van der Waals surface area contributed by atoms with Crippen LogP contribution in [0, 0.1) is 12.3 Å². The van der Waals surface area contributed by atoms with E-state index in [-0.39, 0.29) is 37.0 Å². The van der Waals surface area contributed by atoms with Gasteiger partial charge in [-0.15, -0.1) is 11.3 Å². The van der Waals surface area contributed by atoms with E-state index in [1.165, 1.54) is 11.8 Å². The van der Waals surface area contributed by atoms with Gasteiger partial charge < -0.3 is 14.2 Å². The maximum atomic E-state index is 13.7. The van der Waals surface area contributed by atoms with E-state index in [1.54, 1.807) is 24.5 Å². The average molecular weight is 503 g/mol. The van der Waals surface area contributed by atoms with Gasteiger partial charge in [-0.3, -0.25) is 14.2 Å². The maximum Gasteiger partial charge on any atom is 0.348 e. The Labute approximate surface area is 205 Å². The van der Waals surface area contributed by atoms with Crippen molar-refractivity contribution in [3.8, 4) is 11.5 Å². The number of thiophene rings is 1. The van der Waals surface area contributed by atoms with Crippen LogP contribution in [0.15, 0.2) is 28.2 Å². The summed E-state index contributed by atoms with van der Waals surface area (Å²) in [6.07, 6.45) is 0. The van der Waals surface area contributed by atoms with Crippen LogP contribution in [0.2, 0.25) is 0 Å². The largest absolute Gasteiger partial charge is 0.462 e. The molecule has 3 aromatic rings. The van der Waals surface area contributed by atoms with Crippen molar-refractivity contribution in [3.05, 3.63) is 44.6 Å². The molecule has 0 radical (unpaired) electrons. The van der Waals surface area contributed by atoms with Gasteiger partial charge in [0.25, 0.3) is 5.56 Å². The monoisotopic (exact) mass is 502 g/mol. The second kappa shape index (κ2) is 9.42. The van der Waals surface area contributed by atoms with Crippen LogP contribution in [0.1, 0.15) is 48.5 Å². The van der Waals surface area contributed by atoms with Crippen LogP contribution in [-0.4, -0.2) is 40.5 Å². The van der Waals surface area contributed by atoms with Gasteiger partial charge in [0.05, 0.1) is 24.3 Å². The molecule has 180 valence electrons. The summed E-state index contributed by atoms with van der Waals surface area (Å²) in [6.45, 7) is 9.68. The van der Waals surface area contributed by atoms with E-state index in [1.807, 2.05) is 32.9 Å². The number of ether oxygens (including phenoxy) is 3. The van der Waals surface area contributed by atoms with Crippen LogP contribution < -0.4 is 15.0 Å². The van der Waals surface area contributed by atoms with Crippen molar-refractivity contribution in [1.29, 1.82) is 0 Å². The molecule has 4 rings (SSSR count). The molecule has 0 saturated carbocycles. The lowest BCUT2D eigenvalue weighted by Crippen LogP contribution is -2.26. The number of carbonyl (C=O) groups excluding carboxylic acids is 2. The molecule has 0 aliphatic carbocycles. The van der Waals surface area contributed by atoms with Gasteiger partial charge in [-0.25, -0.2) is 9.78 Å². The quantitative estimate of drug-likeness (QED) is 0.266. The summed E-state index contributed by atoms with van der Waals surface area (Å²) >= 11 is 2.36. The number of ketones is 1. The number of fused-ring (bicyclic) bond motifs is 2. The highest BCUT2D eigenvalue weighted by Gasteiger charge is 2.25. The third-order valence-corrected chi connectivity index (χ3v) is 7.56. The number of benzene rings is 1. The summed E-state index contributed by atoms with van der Waals surface area (Å²) in [6, 6.07) is 5.50. The SMILES string of the molecule is CCOC(=O)c1sc2nc(SCC(=O)C(C)(C)C)n(Cc3ccc4c(c3)OCO4)c(=O)c2c1C. The molecule has 34 heavy (non-hydrogen) atoms. The molecule has 8 nitrogen and oxygen atoms in total. The number of thioether (sulfide) groups is 1. The Morgan fingerprint density at radius 2 is 1.97 bits per heavy atom. The Balaban J connectivity index is 1.80. The highest BCUT2D eigenvalue weighted by molar-refractivity contribution is 7.99. The molecule has 0 N–H and O–H groups in total. The summed E-state index contributed by atoms with van der Waals surface area (Å²) in [7, 11) is 0. The molecule has 0 atom stereocenters. The van der Waals surface area contributed by atoms with Gasteiger partial charge in [0.1, 0.15) is 15.5 Å². The number of hydrogen-bond acceptors (Lipinski definition) is 9. The lowest BCUT2D eigenvalue weighted by molar-refractivity contribution is -0.123. The van der Waals surface area contributed by atoms with Crippen LogP contribution in [0.5, 0.6) is 11.5 Å². The van der Waals surface area contributed by atoms with Gasteiger partial charge in [-0.1, -0.05) is 38.6 Å². The van der Waals surface area contributed by atoms with E-state index in [0.717, 1.165) is 16.9 Å². The van der Waals surface area contributed by atoms with Crippen LogP contribution >= 0.6 is 23.1 Å². The predicted molar refractivity (Wildman–Crippen MR) is 131 cm³/mol. The third kappa shape index (κ3) is 4.69. The zero-order chi connectivity index (χ0) is 24.6. The number of aryl methyl sites for hydroxylation is 1. The predicted octanol–water partition coefficient (Wildman–Crippen LogP) is 4.43. The van der Waals surface area contributed by atoms with E-state index in [2.05, 4.69) is 0 Å². The molecule has 0 saturated heterocycles. The molecular weight excluding hydrogens is 476 g/mol. The van der Waals surface area contributed by atoms with Crippen LogP contribution in [0.4, 0.5) is 0 Å². The smallest absolute Gasteiger partial charge is 0.348 e. The Bertz CT molecular complexity index is 1340. The third-order valence-electron chi connectivity index (χ3n) is 5.42. The highest BCUT2D eigenvalue weighted by atomic mass is 32.2. The van der Waals surface area contributed by atoms with E-state index in [4.69, 9.17) is 19.2 Å². The summed E-state index contributed by atoms with van der Waals surface area (Å²) in [5.41, 5.74) is 0.612. The summed E-state index contributed by atoms with van der Waals surface area (Å²) in [5.74, 6) is 1.03. The first-order valence-corrected chi connectivity index (χ1v) is 12.7. The van der Waals surface area contributed by atoms with E-state index in [0.29, 0.717) is 37.3 Å². The summed E-state index contributed by atoms with van der Waals surface area (Å²) in [5, 5.41) is 0.810. The molecule has 3 heterocycles. The van der Waals surface area contributed by atoms with E-state index < -0.39 is 11.4 Å². The van der Waals surface area contributed by atoms with Crippen molar-refractivity contribution in [3.63, 3.8) is 0 Å². The molecule has 10 heteroatoms. The minimum atomic E-state index is -0.504. The molecule has 1 aliphatic heterocycles. The number of nitrogens with zero attached hydrogens (tertiary/aromatic N) is 2. The van der Waals surface area contributed by atoms with Crippen LogP contribution in [0.25, 0.3) is 10.2 Å². The first-order valence-electron chi connectivity index (χ1n) is 10.9. The molecular formula is C24H26N2O6S2. The van der Waals surface area contributed by atoms with Gasteiger partial charge in [0.2, 0.25) is 6.79 Å². The number of esters is 1. The highest BCUT2D eigenvalue weighted by Crippen LogP contribution is 2.34. The maximum absolute atomic E-state index is 13.7. The van der Waals surface area contributed by atoms with Crippen molar-refractivity contribution in [1.82, 2.24) is 9.55 Å². The van der Waals surface area contributed by atoms with Gasteiger partial charge in [0.15, 0.2) is 16.7 Å². The van der Waals surface area contributed by atoms with Crippen LogP contribution in [0.3, 0.4) is 0 Å². The standard InChI is InChI=1S/C24H26N2O6S2/c1-6-30-22(29)19-13(2)18-20(34-19)25-23(33-11-17(27)24(3,4)5)26(21(18)28)10-14-7-8-15-16(9-14)32-12-31-15/h7-9H,6,10-12H2,1-5H3. The average Bonchev–Trinajstić information content (AvgIpc) is 3.37. The van der Waals surface area contributed by atoms with Crippen molar-refractivity contribution in [2.45, 2.75) is 46.3 Å². The number of rotatable bonds is 7. The summed E-state index contributed by atoms with van der Waals surface area (Å²) < 4.78 is 17.6. The number of aromatic nitrogens is 2. The van der Waals surface area contributed by atoms with Gasteiger partial charge in [-0.2, -0.15) is 0 Å². The van der Waals surface area contributed by atoms with Crippen molar-refractivity contribution >= 4 is 45.1 Å². The minimum absolute atomic E-state index is 0.0519. The molecule has 2 aromatic heterocycles. The normalized spacial score (nSPS) is 12.9. The second-order valence-corrected chi connectivity index (χ2v) is 10.8. The van der Waals surface area contributed by atoms with Crippen molar-refractivity contribution in [2.24, 2.45) is 5.41 Å². The lowest BCUT2D eigenvalue weighted by Gasteiger charge is -2.17. The molecule has 0 bridgehead atoms. The van der Waals surface area contributed by atoms with Gasteiger partial charge >= 0.3 is 5.97 Å². The van der Waals surface area contributed by atoms with Gasteiger partial charge in [-0.05, 0) is 37.1 Å². The first-order chi connectivity index (χ1) is 16.1. The van der Waals surface area contributed by atoms with Gasteiger partial charge in [0, 0.05) is 5.41 Å². The Hall–Kier alpha value is -2.85. The second-order valence-electron chi connectivity index (χ2n) is 8.89. The molecule has 1 aliphatic rings. The molecule has 1 aromatic carbocycles. The van der Waals surface area contributed by atoms with Crippen LogP contribution in [-0.2, 0) is 16.1 Å². The molecule has 0 amide bonds. The Morgan fingerprint density at radius 3 is 2.68 bits per heavy atom. The Morgan fingerprint density at radius 1 is 1.24 bits per heavy atom. The lowest BCUT2D eigenvalue weighted by atomic mass is 9.92. The fourth-order valence-corrected chi connectivity index (χ4v) is 5.68. The minimum Gasteiger partial charge on any atom is -0.462 e. The fourth-order valence-electron chi connectivity index (χ4n) is 3.41. The number of hydrogen-bond donors (Lipinski definition) is 0. The fraction of sp³-hybridized carbons (Fsp3) is 0.417.